The van der Waals surface area contributed by atoms with E-state index in [1.165, 1.54) is 0 Å². The summed E-state index contributed by atoms with van der Waals surface area (Å²) in [5, 5.41) is 4.28. The van der Waals surface area contributed by atoms with E-state index >= 15 is 0 Å². The number of hydrogen-bond acceptors (Lipinski definition) is 4. The number of aromatic nitrogens is 3. The second-order valence-corrected chi connectivity index (χ2v) is 4.07. The van der Waals surface area contributed by atoms with Crippen molar-refractivity contribution in [1.82, 2.24) is 14.8 Å². The van der Waals surface area contributed by atoms with E-state index in [2.05, 4.69) is 22.9 Å². The number of nitrogens with zero attached hydrogens (tertiary/aromatic N) is 3. The van der Waals surface area contributed by atoms with E-state index in [0.717, 1.165) is 17.1 Å². The first-order valence-corrected chi connectivity index (χ1v) is 6.58. The Hall–Kier alpha value is -3.10. The zero-order chi connectivity index (χ0) is 16.2. The number of anilines is 1. The van der Waals surface area contributed by atoms with Crippen LogP contribution in [0.3, 0.4) is 0 Å². The van der Waals surface area contributed by atoms with Crippen LogP contribution in [0.15, 0.2) is 67.1 Å². The number of pyridine rings is 1. The normalized spacial score (nSPS) is 8.86. The molecule has 22 heavy (non-hydrogen) atoms. The summed E-state index contributed by atoms with van der Waals surface area (Å²) in [4.78, 5) is 3.78. The quantitative estimate of drug-likeness (QED) is 0.561. The zero-order valence-corrected chi connectivity index (χ0v) is 12.2. The standard InChI is InChI=1S/C10H12N4.C5H5N.C2H2/c11-7-9-5-6-14(13-9)10-3-1-8(12)2-4-10;1-2-4-6-5-3-1;1-2/h1-6H,7,11-12H2;1-5H;1-2H. The molecule has 0 amide bonds. The maximum Gasteiger partial charge on any atom is 0.0764 e. The largest absolute Gasteiger partial charge is 0.399 e. The highest BCUT2D eigenvalue weighted by atomic mass is 15.3. The molecule has 1 aromatic carbocycles. The highest BCUT2D eigenvalue weighted by molar-refractivity contribution is 5.44. The van der Waals surface area contributed by atoms with Gasteiger partial charge in [0.2, 0.25) is 0 Å². The second-order valence-electron chi connectivity index (χ2n) is 4.07. The molecule has 5 heteroatoms. The topological polar surface area (TPSA) is 82.8 Å². The van der Waals surface area contributed by atoms with Crippen LogP contribution in [0, 0.1) is 12.8 Å². The number of terminal acetylenes is 1. The Bertz CT molecular complexity index is 630. The molecule has 2 aromatic heterocycles. The summed E-state index contributed by atoms with van der Waals surface area (Å²) >= 11 is 0. The van der Waals surface area contributed by atoms with Crippen LogP contribution in [-0.4, -0.2) is 14.8 Å². The summed E-state index contributed by atoms with van der Waals surface area (Å²) in [5.74, 6) is 0. The Balaban J connectivity index is 0.000000253. The van der Waals surface area contributed by atoms with Gasteiger partial charge in [-0.25, -0.2) is 4.68 Å². The third-order valence-electron chi connectivity index (χ3n) is 2.58. The average Bonchev–Trinajstić information content (AvgIpc) is 3.09. The van der Waals surface area contributed by atoms with Gasteiger partial charge >= 0.3 is 0 Å². The number of nitrogen functional groups attached to an aromatic ring is 1. The van der Waals surface area contributed by atoms with Gasteiger partial charge in [0.1, 0.15) is 0 Å². The Kier molecular flexibility index (Phi) is 7.51. The maximum absolute atomic E-state index is 5.59. The minimum absolute atomic E-state index is 0.460. The van der Waals surface area contributed by atoms with Crippen molar-refractivity contribution in [1.29, 1.82) is 0 Å². The van der Waals surface area contributed by atoms with Crippen molar-refractivity contribution >= 4 is 5.69 Å². The van der Waals surface area contributed by atoms with E-state index in [1.807, 2.05) is 54.7 Å². The Morgan fingerprint density at radius 3 is 2.00 bits per heavy atom. The summed E-state index contributed by atoms with van der Waals surface area (Å²) < 4.78 is 1.78. The van der Waals surface area contributed by atoms with Gasteiger partial charge in [0.15, 0.2) is 0 Å². The van der Waals surface area contributed by atoms with Crippen LogP contribution in [0.5, 0.6) is 0 Å². The highest BCUT2D eigenvalue weighted by Gasteiger charge is 1.98. The van der Waals surface area contributed by atoms with Gasteiger partial charge in [-0.15, -0.1) is 12.8 Å². The van der Waals surface area contributed by atoms with Crippen molar-refractivity contribution in [2.75, 3.05) is 5.73 Å². The molecule has 0 aliphatic rings. The molecule has 5 nitrogen and oxygen atoms in total. The third kappa shape index (κ3) is 5.49. The van der Waals surface area contributed by atoms with Crippen LogP contribution < -0.4 is 11.5 Å². The van der Waals surface area contributed by atoms with Gasteiger partial charge in [-0.3, -0.25) is 4.98 Å². The molecule has 0 atom stereocenters. The Morgan fingerprint density at radius 1 is 0.955 bits per heavy atom. The van der Waals surface area contributed by atoms with E-state index in [1.54, 1.807) is 17.1 Å². The molecular weight excluding hydrogens is 274 g/mol. The summed E-state index contributed by atoms with van der Waals surface area (Å²) in [6, 6.07) is 15.1. The predicted molar refractivity (Wildman–Crippen MR) is 90.0 cm³/mol. The predicted octanol–water partition coefficient (Wildman–Crippen LogP) is 2.24. The summed E-state index contributed by atoms with van der Waals surface area (Å²) in [6.07, 6.45) is 13.4. The monoisotopic (exact) mass is 293 g/mol. The summed E-state index contributed by atoms with van der Waals surface area (Å²) in [7, 11) is 0. The van der Waals surface area contributed by atoms with Crippen LogP contribution in [-0.2, 0) is 6.54 Å². The van der Waals surface area contributed by atoms with Crippen LogP contribution >= 0.6 is 0 Å². The molecule has 0 bridgehead atoms. The van der Waals surface area contributed by atoms with Crippen LogP contribution in [0.2, 0.25) is 0 Å². The van der Waals surface area contributed by atoms with Gasteiger partial charge in [0.25, 0.3) is 0 Å². The number of rotatable bonds is 2. The smallest absolute Gasteiger partial charge is 0.0764 e. The van der Waals surface area contributed by atoms with E-state index in [-0.39, 0.29) is 0 Å². The van der Waals surface area contributed by atoms with Gasteiger partial charge in [-0.2, -0.15) is 5.10 Å². The van der Waals surface area contributed by atoms with E-state index in [0.29, 0.717) is 6.54 Å². The lowest BCUT2D eigenvalue weighted by Crippen LogP contribution is -2.00. The van der Waals surface area contributed by atoms with E-state index in [4.69, 9.17) is 11.5 Å². The molecule has 0 aliphatic carbocycles. The molecule has 0 saturated carbocycles. The second kappa shape index (κ2) is 9.75. The van der Waals surface area contributed by atoms with Crippen molar-refractivity contribution in [3.05, 3.63) is 72.8 Å². The molecule has 112 valence electrons. The minimum Gasteiger partial charge on any atom is -0.399 e. The molecule has 0 radical (unpaired) electrons. The first kappa shape index (κ1) is 17.0. The zero-order valence-electron chi connectivity index (χ0n) is 12.2. The number of benzene rings is 1. The molecule has 0 aliphatic heterocycles. The first-order chi connectivity index (χ1) is 10.8. The van der Waals surface area contributed by atoms with Gasteiger partial charge in [0, 0.05) is 30.8 Å². The molecule has 0 saturated heterocycles. The van der Waals surface area contributed by atoms with Crippen LogP contribution in [0.25, 0.3) is 5.69 Å². The molecule has 0 spiro atoms. The fraction of sp³-hybridized carbons (Fsp3) is 0.0588. The highest BCUT2D eigenvalue weighted by Crippen LogP contribution is 2.10. The SMILES string of the molecule is C#C.NCc1ccn(-c2ccc(N)cc2)n1.c1ccncc1. The molecule has 4 N–H and O–H groups in total. The molecule has 0 unspecified atom stereocenters. The lowest BCUT2D eigenvalue weighted by Gasteiger charge is -2.00. The Labute approximate surface area is 130 Å². The summed E-state index contributed by atoms with van der Waals surface area (Å²) in [5.41, 5.74) is 13.7. The lowest BCUT2D eigenvalue weighted by atomic mass is 10.3. The molecule has 3 rings (SSSR count). The number of hydrogen-bond donors (Lipinski definition) is 2. The van der Waals surface area contributed by atoms with Gasteiger partial charge in [-0.05, 0) is 42.5 Å². The van der Waals surface area contributed by atoms with Gasteiger partial charge in [-0.1, -0.05) is 6.07 Å². The minimum atomic E-state index is 0.460. The first-order valence-electron chi connectivity index (χ1n) is 6.58. The maximum atomic E-state index is 5.59. The van der Waals surface area contributed by atoms with Crippen molar-refractivity contribution in [3.8, 4) is 18.5 Å². The van der Waals surface area contributed by atoms with Crippen molar-refractivity contribution in [2.24, 2.45) is 5.73 Å². The van der Waals surface area contributed by atoms with Gasteiger partial charge in [0.05, 0.1) is 11.4 Å². The van der Waals surface area contributed by atoms with Crippen LogP contribution in [0.4, 0.5) is 5.69 Å². The van der Waals surface area contributed by atoms with E-state index in [9.17, 15) is 0 Å². The van der Waals surface area contributed by atoms with Crippen molar-refractivity contribution < 1.29 is 0 Å². The molecule has 0 fully saturated rings. The van der Waals surface area contributed by atoms with Crippen molar-refractivity contribution in [3.63, 3.8) is 0 Å². The Morgan fingerprint density at radius 2 is 1.59 bits per heavy atom. The lowest BCUT2D eigenvalue weighted by molar-refractivity contribution is 0.834. The molecular formula is C17H19N5. The number of nitrogens with two attached hydrogens (primary N) is 2. The van der Waals surface area contributed by atoms with Crippen LogP contribution in [0.1, 0.15) is 5.69 Å². The average molecular weight is 293 g/mol. The summed E-state index contributed by atoms with van der Waals surface area (Å²) in [6.45, 7) is 0.460. The molecule has 2 heterocycles. The van der Waals surface area contributed by atoms with Gasteiger partial charge < -0.3 is 11.5 Å². The molecule has 3 aromatic rings. The fourth-order valence-electron chi connectivity index (χ4n) is 1.55. The van der Waals surface area contributed by atoms with Crippen molar-refractivity contribution in [2.45, 2.75) is 6.54 Å². The van der Waals surface area contributed by atoms with E-state index < -0.39 is 0 Å². The third-order valence-corrected chi connectivity index (χ3v) is 2.58. The fourth-order valence-corrected chi connectivity index (χ4v) is 1.55.